The molecule has 3 rings (SSSR count). The molecule has 0 saturated carbocycles. The lowest BCUT2D eigenvalue weighted by Crippen LogP contribution is -2.14. The van der Waals surface area contributed by atoms with Gasteiger partial charge in [-0.2, -0.15) is 0 Å². The summed E-state index contributed by atoms with van der Waals surface area (Å²) in [5, 5.41) is 1.09. The molecule has 19 heavy (non-hydrogen) atoms. The molecule has 1 unspecified atom stereocenters. The number of hydrogen-bond donors (Lipinski definition) is 1. The van der Waals surface area contributed by atoms with E-state index in [2.05, 4.69) is 4.98 Å². The van der Waals surface area contributed by atoms with Crippen LogP contribution in [0.15, 0.2) is 53.1 Å². The fourth-order valence-electron chi connectivity index (χ4n) is 2.23. The van der Waals surface area contributed by atoms with E-state index in [0.29, 0.717) is 6.42 Å². The van der Waals surface area contributed by atoms with Crippen LogP contribution >= 0.6 is 0 Å². The Morgan fingerprint density at radius 2 is 2.05 bits per heavy atom. The van der Waals surface area contributed by atoms with Crippen LogP contribution in [-0.2, 0) is 6.42 Å². The van der Waals surface area contributed by atoms with E-state index in [0.717, 1.165) is 28.0 Å². The van der Waals surface area contributed by atoms with Crippen molar-refractivity contribution in [2.24, 2.45) is 5.73 Å². The van der Waals surface area contributed by atoms with Crippen LogP contribution in [0.1, 0.15) is 23.1 Å². The number of benzene rings is 1. The van der Waals surface area contributed by atoms with Crippen molar-refractivity contribution in [3.05, 3.63) is 65.7 Å². The first kappa shape index (κ1) is 11.9. The van der Waals surface area contributed by atoms with Gasteiger partial charge in [-0.15, -0.1) is 0 Å². The maximum absolute atomic E-state index is 6.23. The molecule has 1 aromatic carbocycles. The van der Waals surface area contributed by atoms with Crippen molar-refractivity contribution in [3.63, 3.8) is 0 Å². The molecular formula is C16H16N2O. The zero-order valence-corrected chi connectivity index (χ0v) is 10.8. The smallest absolute Gasteiger partial charge is 0.134 e. The predicted octanol–water partition coefficient (Wildman–Crippen LogP) is 3.38. The number of nitrogens with zero attached hydrogens (tertiary/aromatic N) is 1. The molecule has 96 valence electrons. The van der Waals surface area contributed by atoms with E-state index in [9.17, 15) is 0 Å². The summed E-state index contributed by atoms with van der Waals surface area (Å²) in [6.07, 6.45) is 2.49. The van der Waals surface area contributed by atoms with Gasteiger partial charge in [0, 0.05) is 23.7 Å². The molecule has 2 aromatic heterocycles. The molecule has 0 aliphatic carbocycles. The van der Waals surface area contributed by atoms with Crippen LogP contribution in [0.2, 0.25) is 0 Å². The Hall–Kier alpha value is -2.13. The zero-order valence-electron chi connectivity index (χ0n) is 10.8. The van der Waals surface area contributed by atoms with Gasteiger partial charge >= 0.3 is 0 Å². The van der Waals surface area contributed by atoms with Crippen molar-refractivity contribution in [2.75, 3.05) is 0 Å². The molecule has 0 bridgehead atoms. The van der Waals surface area contributed by atoms with Crippen molar-refractivity contribution in [3.8, 4) is 0 Å². The average molecular weight is 252 g/mol. The first-order valence-electron chi connectivity index (χ1n) is 6.38. The lowest BCUT2D eigenvalue weighted by molar-refractivity contribution is 0.491. The van der Waals surface area contributed by atoms with E-state index < -0.39 is 0 Å². The minimum atomic E-state index is -0.166. The van der Waals surface area contributed by atoms with Crippen molar-refractivity contribution in [2.45, 2.75) is 19.4 Å². The van der Waals surface area contributed by atoms with E-state index in [1.165, 1.54) is 0 Å². The molecule has 0 saturated heterocycles. The van der Waals surface area contributed by atoms with Crippen molar-refractivity contribution in [1.82, 2.24) is 4.98 Å². The number of para-hydroxylation sites is 1. The molecule has 1 atom stereocenters. The van der Waals surface area contributed by atoms with Crippen molar-refractivity contribution < 1.29 is 4.42 Å². The summed E-state index contributed by atoms with van der Waals surface area (Å²) < 4.78 is 5.79. The second kappa shape index (κ2) is 4.86. The van der Waals surface area contributed by atoms with Gasteiger partial charge in [0.15, 0.2) is 0 Å². The summed E-state index contributed by atoms with van der Waals surface area (Å²) in [5.41, 5.74) is 9.29. The van der Waals surface area contributed by atoms with Gasteiger partial charge in [-0.05, 0) is 30.7 Å². The number of aryl methyl sites for hydroxylation is 1. The van der Waals surface area contributed by atoms with Gasteiger partial charge in [0.25, 0.3) is 0 Å². The lowest BCUT2D eigenvalue weighted by atomic mass is 10.1. The molecule has 0 aliphatic rings. The van der Waals surface area contributed by atoms with E-state index in [1.807, 2.05) is 49.4 Å². The summed E-state index contributed by atoms with van der Waals surface area (Å²) in [6, 6.07) is 13.8. The minimum absolute atomic E-state index is 0.166. The summed E-state index contributed by atoms with van der Waals surface area (Å²) in [6.45, 7) is 2.05. The number of furan rings is 1. The Labute approximate surface area is 112 Å². The summed E-state index contributed by atoms with van der Waals surface area (Å²) in [5.74, 6) is 0.811. The van der Waals surface area contributed by atoms with Crippen molar-refractivity contribution in [1.29, 1.82) is 0 Å². The second-order valence-electron chi connectivity index (χ2n) is 4.76. The quantitative estimate of drug-likeness (QED) is 0.777. The van der Waals surface area contributed by atoms with Gasteiger partial charge in [0.05, 0.1) is 6.04 Å². The van der Waals surface area contributed by atoms with Crippen LogP contribution in [-0.4, -0.2) is 4.98 Å². The van der Waals surface area contributed by atoms with Crippen LogP contribution in [0.5, 0.6) is 0 Å². The topological polar surface area (TPSA) is 52.0 Å². The second-order valence-corrected chi connectivity index (χ2v) is 4.76. The Morgan fingerprint density at radius 3 is 2.84 bits per heavy atom. The average Bonchev–Trinajstić information content (AvgIpc) is 2.85. The highest BCUT2D eigenvalue weighted by Gasteiger charge is 2.14. The SMILES string of the molecule is Cc1cccnc1CC(N)c1cc2ccccc2o1. The predicted molar refractivity (Wildman–Crippen MR) is 75.8 cm³/mol. The monoisotopic (exact) mass is 252 g/mol. The summed E-state index contributed by atoms with van der Waals surface area (Å²) in [4.78, 5) is 4.38. The standard InChI is InChI=1S/C16H16N2O/c1-11-5-4-8-18-14(11)10-13(17)16-9-12-6-2-3-7-15(12)19-16/h2-9,13H,10,17H2,1H3. The van der Waals surface area contributed by atoms with Crippen molar-refractivity contribution >= 4 is 11.0 Å². The Morgan fingerprint density at radius 1 is 1.21 bits per heavy atom. The Kier molecular flexibility index (Phi) is 3.05. The number of pyridine rings is 1. The van der Waals surface area contributed by atoms with Gasteiger partial charge < -0.3 is 10.2 Å². The van der Waals surface area contributed by atoms with Crippen LogP contribution in [0.4, 0.5) is 0 Å². The summed E-state index contributed by atoms with van der Waals surface area (Å²) >= 11 is 0. The fraction of sp³-hybridized carbons (Fsp3) is 0.188. The van der Waals surface area contributed by atoms with E-state index >= 15 is 0 Å². The van der Waals surface area contributed by atoms with Gasteiger partial charge in [0.1, 0.15) is 11.3 Å². The molecule has 0 radical (unpaired) electrons. The van der Waals surface area contributed by atoms with Gasteiger partial charge in [-0.25, -0.2) is 0 Å². The minimum Gasteiger partial charge on any atom is -0.459 e. The van der Waals surface area contributed by atoms with Crippen LogP contribution in [0, 0.1) is 6.92 Å². The molecule has 3 heteroatoms. The molecule has 3 nitrogen and oxygen atoms in total. The van der Waals surface area contributed by atoms with E-state index in [4.69, 9.17) is 10.2 Å². The van der Waals surface area contributed by atoms with E-state index in [-0.39, 0.29) is 6.04 Å². The normalized spacial score (nSPS) is 12.7. The third-order valence-electron chi connectivity index (χ3n) is 3.34. The lowest BCUT2D eigenvalue weighted by Gasteiger charge is -2.09. The van der Waals surface area contributed by atoms with Gasteiger partial charge in [-0.1, -0.05) is 24.3 Å². The highest BCUT2D eigenvalue weighted by atomic mass is 16.3. The van der Waals surface area contributed by atoms with E-state index in [1.54, 1.807) is 6.20 Å². The van der Waals surface area contributed by atoms with Gasteiger partial charge in [0.2, 0.25) is 0 Å². The summed E-state index contributed by atoms with van der Waals surface area (Å²) in [7, 11) is 0. The Bertz CT molecular complexity index is 670. The number of fused-ring (bicyclic) bond motifs is 1. The Balaban J connectivity index is 1.87. The van der Waals surface area contributed by atoms with Crippen LogP contribution in [0.25, 0.3) is 11.0 Å². The maximum Gasteiger partial charge on any atom is 0.134 e. The van der Waals surface area contributed by atoms with Crippen LogP contribution in [0.3, 0.4) is 0 Å². The molecule has 2 heterocycles. The molecule has 0 amide bonds. The maximum atomic E-state index is 6.23. The molecule has 0 aliphatic heterocycles. The molecule has 0 fully saturated rings. The van der Waals surface area contributed by atoms with Gasteiger partial charge in [-0.3, -0.25) is 4.98 Å². The number of aromatic nitrogens is 1. The molecule has 0 spiro atoms. The number of hydrogen-bond acceptors (Lipinski definition) is 3. The van der Waals surface area contributed by atoms with Crippen LogP contribution < -0.4 is 5.73 Å². The molecule has 3 aromatic rings. The number of rotatable bonds is 3. The number of nitrogens with two attached hydrogens (primary N) is 1. The zero-order chi connectivity index (χ0) is 13.2. The molecular weight excluding hydrogens is 236 g/mol. The molecule has 2 N–H and O–H groups in total. The largest absolute Gasteiger partial charge is 0.459 e. The first-order valence-corrected chi connectivity index (χ1v) is 6.38. The third-order valence-corrected chi connectivity index (χ3v) is 3.34. The highest BCUT2D eigenvalue weighted by Crippen LogP contribution is 2.24. The fourth-order valence-corrected chi connectivity index (χ4v) is 2.23. The first-order chi connectivity index (χ1) is 9.24. The highest BCUT2D eigenvalue weighted by molar-refractivity contribution is 5.77. The third kappa shape index (κ3) is 2.37.